The predicted molar refractivity (Wildman–Crippen MR) is 303 cm³/mol. The standard InChI is InChI=1S/C64H124O6/c1-6-7-8-9-10-11-12-13-17-24-29-34-39-44-49-54-62(65)68-57-61(70-64(67)56-51-46-41-36-31-26-21-16-19-23-28-33-38-43-48-53-60(4)5)58-69-63(66)55-50-45-40-35-30-25-20-15-14-18-22-27-32-37-42-47-52-59(2)3/h59-61H,6-58H2,1-5H3/t61-/m1/s1. The van der Waals surface area contributed by atoms with Crippen LogP contribution in [-0.2, 0) is 28.6 Å². The molecule has 0 aliphatic heterocycles. The number of esters is 3. The minimum atomic E-state index is -0.763. The summed E-state index contributed by atoms with van der Waals surface area (Å²) in [6, 6.07) is 0. The topological polar surface area (TPSA) is 78.9 Å². The number of ether oxygens (including phenoxy) is 3. The first-order valence-corrected chi connectivity index (χ1v) is 31.7. The average molecular weight is 990 g/mol. The van der Waals surface area contributed by atoms with Crippen molar-refractivity contribution in [2.75, 3.05) is 13.2 Å². The number of unbranched alkanes of at least 4 members (excludes halogenated alkanes) is 43. The van der Waals surface area contributed by atoms with Gasteiger partial charge in [-0.15, -0.1) is 0 Å². The molecule has 0 spiro atoms. The summed E-state index contributed by atoms with van der Waals surface area (Å²) in [6.45, 7) is 11.5. The molecule has 70 heavy (non-hydrogen) atoms. The molecule has 0 amide bonds. The Morgan fingerprint density at radius 3 is 0.700 bits per heavy atom. The Hall–Kier alpha value is -1.59. The average Bonchev–Trinajstić information content (AvgIpc) is 3.33. The second-order valence-corrected chi connectivity index (χ2v) is 23.0. The zero-order valence-electron chi connectivity index (χ0n) is 48.2. The van der Waals surface area contributed by atoms with Crippen LogP contribution < -0.4 is 0 Å². The zero-order valence-corrected chi connectivity index (χ0v) is 48.2. The molecule has 0 heterocycles. The summed E-state index contributed by atoms with van der Waals surface area (Å²) in [4.78, 5) is 38.3. The van der Waals surface area contributed by atoms with Crippen LogP contribution in [0.3, 0.4) is 0 Å². The van der Waals surface area contributed by atoms with Crippen molar-refractivity contribution in [2.24, 2.45) is 11.8 Å². The molecule has 0 aromatic heterocycles. The van der Waals surface area contributed by atoms with Gasteiger partial charge >= 0.3 is 17.9 Å². The van der Waals surface area contributed by atoms with E-state index in [-0.39, 0.29) is 31.1 Å². The molecule has 0 radical (unpaired) electrons. The molecule has 0 unspecified atom stereocenters. The zero-order chi connectivity index (χ0) is 51.1. The first kappa shape index (κ1) is 68.4. The molecule has 0 N–H and O–H groups in total. The lowest BCUT2D eigenvalue weighted by molar-refractivity contribution is -0.167. The third kappa shape index (κ3) is 57.3. The number of carbonyl (C=O) groups is 3. The highest BCUT2D eigenvalue weighted by Gasteiger charge is 2.19. The Morgan fingerprint density at radius 2 is 0.471 bits per heavy atom. The highest BCUT2D eigenvalue weighted by Crippen LogP contribution is 2.19. The molecular formula is C64H124O6. The van der Waals surface area contributed by atoms with Crippen LogP contribution in [0, 0.1) is 11.8 Å². The van der Waals surface area contributed by atoms with Gasteiger partial charge in [0, 0.05) is 19.3 Å². The monoisotopic (exact) mass is 989 g/mol. The van der Waals surface area contributed by atoms with Crippen molar-refractivity contribution in [2.45, 2.75) is 368 Å². The quantitative estimate of drug-likeness (QED) is 0.0343. The molecule has 0 rings (SSSR count). The van der Waals surface area contributed by atoms with E-state index in [1.807, 2.05) is 0 Å². The third-order valence-corrected chi connectivity index (χ3v) is 14.7. The van der Waals surface area contributed by atoms with Crippen molar-refractivity contribution >= 4 is 17.9 Å². The van der Waals surface area contributed by atoms with Crippen LogP contribution in [0.4, 0.5) is 0 Å². The summed E-state index contributed by atoms with van der Waals surface area (Å²) in [6.07, 6.45) is 62.4. The number of hydrogen-bond acceptors (Lipinski definition) is 6. The number of hydrogen-bond donors (Lipinski definition) is 0. The highest BCUT2D eigenvalue weighted by molar-refractivity contribution is 5.71. The molecular weight excluding hydrogens is 865 g/mol. The fourth-order valence-corrected chi connectivity index (χ4v) is 9.93. The number of rotatable bonds is 58. The minimum absolute atomic E-state index is 0.0618. The molecule has 416 valence electrons. The second-order valence-electron chi connectivity index (χ2n) is 23.0. The van der Waals surface area contributed by atoms with Crippen LogP contribution in [-0.4, -0.2) is 37.2 Å². The largest absolute Gasteiger partial charge is 0.462 e. The van der Waals surface area contributed by atoms with E-state index in [1.54, 1.807) is 0 Å². The lowest BCUT2D eigenvalue weighted by Gasteiger charge is -2.18. The van der Waals surface area contributed by atoms with Crippen LogP contribution >= 0.6 is 0 Å². The summed E-state index contributed by atoms with van der Waals surface area (Å²) in [5, 5.41) is 0. The molecule has 1 atom stereocenters. The molecule has 0 bridgehead atoms. The van der Waals surface area contributed by atoms with Crippen molar-refractivity contribution in [3.8, 4) is 0 Å². The van der Waals surface area contributed by atoms with Crippen molar-refractivity contribution in [1.29, 1.82) is 0 Å². The summed E-state index contributed by atoms with van der Waals surface area (Å²) < 4.78 is 17.0. The summed E-state index contributed by atoms with van der Waals surface area (Å²) in [5.41, 5.74) is 0. The number of carbonyl (C=O) groups excluding carboxylic acids is 3. The Balaban J connectivity index is 4.28. The highest BCUT2D eigenvalue weighted by atomic mass is 16.6. The minimum Gasteiger partial charge on any atom is -0.462 e. The van der Waals surface area contributed by atoms with E-state index in [9.17, 15) is 14.4 Å². The van der Waals surface area contributed by atoms with Gasteiger partial charge < -0.3 is 14.2 Å². The van der Waals surface area contributed by atoms with Gasteiger partial charge in [-0.3, -0.25) is 14.4 Å². The summed E-state index contributed by atoms with van der Waals surface area (Å²) >= 11 is 0. The van der Waals surface area contributed by atoms with Crippen molar-refractivity contribution < 1.29 is 28.6 Å². The van der Waals surface area contributed by atoms with Crippen LogP contribution in [0.25, 0.3) is 0 Å². The van der Waals surface area contributed by atoms with E-state index in [2.05, 4.69) is 34.6 Å². The second kappa shape index (κ2) is 56.7. The molecule has 0 aliphatic carbocycles. The molecule has 6 nitrogen and oxygen atoms in total. The maximum absolute atomic E-state index is 12.9. The van der Waals surface area contributed by atoms with Crippen LogP contribution in [0.1, 0.15) is 362 Å². The van der Waals surface area contributed by atoms with E-state index in [0.29, 0.717) is 19.3 Å². The van der Waals surface area contributed by atoms with Gasteiger partial charge in [0.2, 0.25) is 0 Å². The lowest BCUT2D eigenvalue weighted by Crippen LogP contribution is -2.30. The van der Waals surface area contributed by atoms with Crippen molar-refractivity contribution in [3.63, 3.8) is 0 Å². The maximum atomic E-state index is 12.9. The molecule has 0 aliphatic rings. The Kier molecular flexibility index (Phi) is 55.4. The van der Waals surface area contributed by atoms with Crippen LogP contribution in [0.15, 0.2) is 0 Å². The summed E-state index contributed by atoms with van der Waals surface area (Å²) in [5.74, 6) is 0.870. The van der Waals surface area contributed by atoms with Gasteiger partial charge in [0.25, 0.3) is 0 Å². The van der Waals surface area contributed by atoms with Gasteiger partial charge in [0.15, 0.2) is 6.10 Å². The predicted octanol–water partition coefficient (Wildman–Crippen LogP) is 21.2. The smallest absolute Gasteiger partial charge is 0.306 e. The van der Waals surface area contributed by atoms with Gasteiger partial charge in [0.05, 0.1) is 0 Å². The van der Waals surface area contributed by atoms with E-state index in [1.165, 1.54) is 250 Å². The third-order valence-electron chi connectivity index (χ3n) is 14.7. The molecule has 0 aromatic carbocycles. The SMILES string of the molecule is CCCCCCCCCCCCCCCCCC(=O)OC[C@H](COC(=O)CCCCCCCCCCCCCCCCCCC(C)C)OC(=O)CCCCCCCCCCCCCCCCCC(C)C. The first-order chi connectivity index (χ1) is 34.2. The fraction of sp³-hybridized carbons (Fsp3) is 0.953. The maximum Gasteiger partial charge on any atom is 0.306 e. The fourth-order valence-electron chi connectivity index (χ4n) is 9.93. The van der Waals surface area contributed by atoms with Gasteiger partial charge in [-0.2, -0.15) is 0 Å². The molecule has 0 saturated heterocycles. The van der Waals surface area contributed by atoms with E-state index < -0.39 is 6.10 Å². The van der Waals surface area contributed by atoms with E-state index in [4.69, 9.17) is 14.2 Å². The summed E-state index contributed by atoms with van der Waals surface area (Å²) in [7, 11) is 0. The molecule has 0 saturated carbocycles. The lowest BCUT2D eigenvalue weighted by atomic mass is 10.0. The van der Waals surface area contributed by atoms with Gasteiger partial charge in [-0.05, 0) is 31.1 Å². The van der Waals surface area contributed by atoms with Crippen LogP contribution in [0.5, 0.6) is 0 Å². The van der Waals surface area contributed by atoms with Gasteiger partial charge in [-0.1, -0.05) is 324 Å². The first-order valence-electron chi connectivity index (χ1n) is 31.7. The van der Waals surface area contributed by atoms with Crippen molar-refractivity contribution in [1.82, 2.24) is 0 Å². The van der Waals surface area contributed by atoms with Gasteiger partial charge in [-0.25, -0.2) is 0 Å². The molecule has 0 aromatic rings. The molecule has 6 heteroatoms. The Bertz CT molecular complexity index is 1070. The van der Waals surface area contributed by atoms with Crippen molar-refractivity contribution in [3.05, 3.63) is 0 Å². The van der Waals surface area contributed by atoms with E-state index in [0.717, 1.165) is 69.6 Å². The van der Waals surface area contributed by atoms with E-state index >= 15 is 0 Å². The Morgan fingerprint density at radius 1 is 0.271 bits per heavy atom. The normalized spacial score (nSPS) is 12.0. The Labute approximate surface area is 438 Å². The molecule has 0 fully saturated rings. The van der Waals surface area contributed by atoms with Crippen LogP contribution in [0.2, 0.25) is 0 Å². The van der Waals surface area contributed by atoms with Gasteiger partial charge in [0.1, 0.15) is 13.2 Å².